The van der Waals surface area contributed by atoms with Crippen molar-refractivity contribution in [2.75, 3.05) is 12.4 Å². The number of hydrogen-bond donors (Lipinski definition) is 3. The predicted octanol–water partition coefficient (Wildman–Crippen LogP) is 4.83. The van der Waals surface area contributed by atoms with Crippen LogP contribution in [0.25, 0.3) is 11.3 Å². The number of hydrogen-bond acceptors (Lipinski definition) is 8. The van der Waals surface area contributed by atoms with Gasteiger partial charge in [0.05, 0.1) is 18.5 Å². The van der Waals surface area contributed by atoms with Crippen molar-refractivity contribution in [1.29, 1.82) is 5.26 Å². The summed E-state index contributed by atoms with van der Waals surface area (Å²) in [5.41, 5.74) is 12.1. The Bertz CT molecular complexity index is 1230. The molecule has 8 nitrogen and oxygen atoms in total. The fraction of sp³-hybridized carbons (Fsp3) is 0.208. The van der Waals surface area contributed by atoms with E-state index >= 15 is 0 Å². The van der Waals surface area contributed by atoms with Gasteiger partial charge in [0, 0.05) is 16.5 Å². The molecule has 0 aliphatic heterocycles. The standard InChI is InChI=1S/C24H25N7OS2/c1-14(2)34-24-28-21(17-7-11-19(32-4)12-8-17)20(13-25)22(29-24)27-18-9-5-16(6-10-18)15(3)30-31-23(26)33/h5-12,14H,1-4H3,(H3,26,31,33)(H,27,28,29)/b30-15-. The lowest BCUT2D eigenvalue weighted by atomic mass is 10.1. The van der Waals surface area contributed by atoms with E-state index in [9.17, 15) is 5.26 Å². The smallest absolute Gasteiger partial charge is 0.190 e. The van der Waals surface area contributed by atoms with Crippen molar-refractivity contribution in [3.63, 3.8) is 0 Å². The van der Waals surface area contributed by atoms with E-state index in [1.165, 1.54) is 11.8 Å². The molecule has 0 unspecified atom stereocenters. The lowest BCUT2D eigenvalue weighted by Crippen LogP contribution is -2.25. The van der Waals surface area contributed by atoms with E-state index in [1.54, 1.807) is 7.11 Å². The number of aromatic nitrogens is 2. The van der Waals surface area contributed by atoms with Crippen LogP contribution in [0.2, 0.25) is 0 Å². The molecular weight excluding hydrogens is 466 g/mol. The highest BCUT2D eigenvalue weighted by Gasteiger charge is 2.18. The monoisotopic (exact) mass is 491 g/mol. The number of ether oxygens (including phenoxy) is 1. The molecule has 2 aromatic carbocycles. The third-order valence-electron chi connectivity index (χ3n) is 4.60. The molecule has 0 saturated heterocycles. The first-order chi connectivity index (χ1) is 16.3. The summed E-state index contributed by atoms with van der Waals surface area (Å²) >= 11 is 6.31. The fourth-order valence-corrected chi connectivity index (χ4v) is 3.75. The Morgan fingerprint density at radius 2 is 1.82 bits per heavy atom. The van der Waals surface area contributed by atoms with Gasteiger partial charge in [0.1, 0.15) is 17.4 Å². The molecule has 0 saturated carbocycles. The van der Waals surface area contributed by atoms with Crippen molar-refractivity contribution >= 4 is 46.3 Å². The van der Waals surface area contributed by atoms with Crippen molar-refractivity contribution in [2.24, 2.45) is 10.8 Å². The zero-order valence-electron chi connectivity index (χ0n) is 19.3. The highest BCUT2D eigenvalue weighted by molar-refractivity contribution is 7.99. The summed E-state index contributed by atoms with van der Waals surface area (Å²) in [7, 11) is 1.61. The van der Waals surface area contributed by atoms with Crippen LogP contribution in [0.3, 0.4) is 0 Å². The van der Waals surface area contributed by atoms with Gasteiger partial charge in [-0.05, 0) is 61.1 Å². The number of benzene rings is 2. The van der Waals surface area contributed by atoms with Gasteiger partial charge in [-0.25, -0.2) is 9.97 Å². The molecule has 0 radical (unpaired) electrons. The molecule has 0 amide bonds. The lowest BCUT2D eigenvalue weighted by Gasteiger charge is -2.14. The number of rotatable bonds is 8. The van der Waals surface area contributed by atoms with Crippen LogP contribution in [-0.2, 0) is 0 Å². The molecule has 10 heteroatoms. The highest BCUT2D eigenvalue weighted by atomic mass is 32.2. The third-order valence-corrected chi connectivity index (χ3v) is 5.56. The average Bonchev–Trinajstić information content (AvgIpc) is 2.82. The van der Waals surface area contributed by atoms with Crippen molar-refractivity contribution in [3.05, 3.63) is 59.7 Å². The first-order valence-electron chi connectivity index (χ1n) is 10.4. The number of thioether (sulfide) groups is 1. The molecule has 3 aromatic rings. The summed E-state index contributed by atoms with van der Waals surface area (Å²) in [4.78, 5) is 9.33. The molecule has 174 valence electrons. The summed E-state index contributed by atoms with van der Waals surface area (Å²) in [6.45, 7) is 5.99. The van der Waals surface area contributed by atoms with Crippen LogP contribution >= 0.6 is 24.0 Å². The molecule has 4 N–H and O–H groups in total. The largest absolute Gasteiger partial charge is 0.497 e. The molecule has 0 aliphatic carbocycles. The Labute approximate surface area is 208 Å². The van der Waals surface area contributed by atoms with Crippen molar-refractivity contribution in [2.45, 2.75) is 31.2 Å². The third kappa shape index (κ3) is 6.43. The highest BCUT2D eigenvalue weighted by Crippen LogP contribution is 2.32. The molecule has 3 rings (SSSR count). The van der Waals surface area contributed by atoms with Crippen molar-refractivity contribution in [3.8, 4) is 23.1 Å². The van der Waals surface area contributed by atoms with Crippen LogP contribution in [0.5, 0.6) is 5.75 Å². The van der Waals surface area contributed by atoms with Gasteiger partial charge < -0.3 is 15.8 Å². The quantitative estimate of drug-likeness (QED) is 0.134. The number of thiocarbonyl (C=S) groups is 1. The van der Waals surface area contributed by atoms with Crippen LogP contribution in [0.1, 0.15) is 31.9 Å². The molecular formula is C24H25N7OS2. The lowest BCUT2D eigenvalue weighted by molar-refractivity contribution is 0.415. The molecule has 1 heterocycles. The molecule has 0 aliphatic rings. The maximum atomic E-state index is 9.99. The number of nitrogens with zero attached hydrogens (tertiary/aromatic N) is 4. The van der Waals surface area contributed by atoms with E-state index < -0.39 is 0 Å². The predicted molar refractivity (Wildman–Crippen MR) is 142 cm³/mol. The van der Waals surface area contributed by atoms with Crippen molar-refractivity contribution < 1.29 is 4.74 Å². The summed E-state index contributed by atoms with van der Waals surface area (Å²) in [5.74, 6) is 1.17. The zero-order valence-corrected chi connectivity index (χ0v) is 20.9. The Morgan fingerprint density at radius 1 is 1.15 bits per heavy atom. The maximum absolute atomic E-state index is 9.99. The van der Waals surface area contributed by atoms with E-state index in [-0.39, 0.29) is 10.4 Å². The Morgan fingerprint density at radius 3 is 2.38 bits per heavy atom. The number of nitrogens with one attached hydrogen (secondary N) is 2. The minimum absolute atomic E-state index is 0.105. The molecule has 0 bridgehead atoms. The zero-order chi connectivity index (χ0) is 24.7. The van der Waals surface area contributed by atoms with Gasteiger partial charge in [-0.3, -0.25) is 5.43 Å². The second-order valence-electron chi connectivity index (χ2n) is 7.46. The molecule has 0 fully saturated rings. The Balaban J connectivity index is 1.99. The Hall–Kier alpha value is -3.68. The summed E-state index contributed by atoms with van der Waals surface area (Å²) in [6.07, 6.45) is 0. The van der Waals surface area contributed by atoms with E-state index in [4.69, 9.17) is 22.7 Å². The van der Waals surface area contributed by atoms with Crippen molar-refractivity contribution in [1.82, 2.24) is 15.4 Å². The van der Waals surface area contributed by atoms with E-state index in [2.05, 4.69) is 45.7 Å². The minimum Gasteiger partial charge on any atom is -0.497 e. The van der Waals surface area contributed by atoms with Crippen LogP contribution in [-0.4, -0.2) is 33.2 Å². The molecule has 0 atom stereocenters. The van der Waals surface area contributed by atoms with Crippen LogP contribution in [0, 0.1) is 11.3 Å². The van der Waals surface area contributed by atoms with Gasteiger partial charge in [0.2, 0.25) is 0 Å². The van der Waals surface area contributed by atoms with Gasteiger partial charge in [-0.15, -0.1) is 0 Å². The van der Waals surface area contributed by atoms with E-state index in [0.29, 0.717) is 22.2 Å². The van der Waals surface area contributed by atoms with Crippen LogP contribution < -0.4 is 21.2 Å². The molecule has 1 aromatic heterocycles. The topological polar surface area (TPSA) is 121 Å². The number of methoxy groups -OCH3 is 1. The Kier molecular flexibility index (Phi) is 8.40. The number of anilines is 2. The first-order valence-corrected chi connectivity index (χ1v) is 11.7. The summed E-state index contributed by atoms with van der Waals surface area (Å²) < 4.78 is 5.25. The summed E-state index contributed by atoms with van der Waals surface area (Å²) in [6, 6.07) is 17.3. The molecule has 0 spiro atoms. The van der Waals surface area contributed by atoms with Gasteiger partial charge >= 0.3 is 0 Å². The van der Waals surface area contributed by atoms with Gasteiger partial charge in [-0.1, -0.05) is 37.7 Å². The number of hydrazone groups is 1. The SMILES string of the molecule is COc1ccc(-c2nc(SC(C)C)nc(Nc3ccc(/C(C)=N\NC(N)=S)cc3)c2C#N)cc1. The maximum Gasteiger partial charge on any atom is 0.190 e. The van der Waals surface area contributed by atoms with Gasteiger partial charge in [0.15, 0.2) is 16.1 Å². The van der Waals surface area contributed by atoms with Crippen LogP contribution in [0.15, 0.2) is 58.8 Å². The fourth-order valence-electron chi connectivity index (χ4n) is 2.99. The number of nitrogens with two attached hydrogens (primary N) is 1. The second-order valence-corrected chi connectivity index (χ2v) is 9.44. The van der Waals surface area contributed by atoms with Crippen LogP contribution in [0.4, 0.5) is 11.5 Å². The first kappa shape index (κ1) is 25.0. The average molecular weight is 492 g/mol. The van der Waals surface area contributed by atoms with E-state index in [1.807, 2.05) is 55.5 Å². The minimum atomic E-state index is 0.105. The van der Waals surface area contributed by atoms with Gasteiger partial charge in [0.25, 0.3) is 0 Å². The summed E-state index contributed by atoms with van der Waals surface area (Å²) in [5, 5.41) is 18.4. The second kappa shape index (κ2) is 11.4. The van der Waals surface area contributed by atoms with E-state index in [0.717, 1.165) is 28.3 Å². The number of nitriles is 1. The van der Waals surface area contributed by atoms with Gasteiger partial charge in [-0.2, -0.15) is 10.4 Å². The normalized spacial score (nSPS) is 11.1. The molecule has 34 heavy (non-hydrogen) atoms.